The molecule has 0 bridgehead atoms. The molecular formula is C30H34N2O5. The number of nitrogens with zero attached hydrogens (tertiary/aromatic N) is 2. The van der Waals surface area contributed by atoms with E-state index in [1.165, 1.54) is 0 Å². The highest BCUT2D eigenvalue weighted by molar-refractivity contribution is 5.93. The predicted molar refractivity (Wildman–Crippen MR) is 141 cm³/mol. The molecule has 2 aromatic carbocycles. The lowest BCUT2D eigenvalue weighted by molar-refractivity contribution is -0.116. The third-order valence-corrected chi connectivity index (χ3v) is 6.53. The summed E-state index contributed by atoms with van der Waals surface area (Å²) in [6.45, 7) is 4.68. The normalized spacial score (nSPS) is 19.5. The molecule has 2 aliphatic heterocycles. The van der Waals surface area contributed by atoms with E-state index in [2.05, 4.69) is 13.8 Å². The van der Waals surface area contributed by atoms with Crippen LogP contribution in [0.2, 0.25) is 0 Å². The number of amides is 2. The average molecular weight is 503 g/mol. The highest BCUT2D eigenvalue weighted by atomic mass is 16.6. The Kier molecular flexibility index (Phi) is 8.77. The van der Waals surface area contributed by atoms with Crippen LogP contribution in [0.1, 0.15) is 46.0 Å². The van der Waals surface area contributed by atoms with Gasteiger partial charge in [-0.2, -0.15) is 0 Å². The Hall–Kier alpha value is -3.87. The van der Waals surface area contributed by atoms with E-state index in [0.717, 1.165) is 6.42 Å². The van der Waals surface area contributed by atoms with Crippen molar-refractivity contribution < 1.29 is 23.9 Å². The van der Waals surface area contributed by atoms with Gasteiger partial charge in [0.1, 0.15) is 11.5 Å². The van der Waals surface area contributed by atoms with Crippen molar-refractivity contribution in [3.05, 3.63) is 84.7 Å². The molecule has 0 unspecified atom stereocenters. The Bertz CT molecular complexity index is 1140. The van der Waals surface area contributed by atoms with Crippen LogP contribution in [0.15, 0.2) is 84.7 Å². The second kappa shape index (κ2) is 12.4. The molecule has 7 heteroatoms. The second-order valence-corrected chi connectivity index (χ2v) is 10.00. The lowest BCUT2D eigenvalue weighted by Crippen LogP contribution is -2.46. The zero-order valence-corrected chi connectivity index (χ0v) is 21.4. The van der Waals surface area contributed by atoms with Crippen molar-refractivity contribution in [2.45, 2.75) is 52.0 Å². The number of allylic oxidation sites excluding steroid dienone is 3. The minimum Gasteiger partial charge on any atom is -0.410 e. The van der Waals surface area contributed by atoms with E-state index in [0.29, 0.717) is 48.9 Å². The maximum atomic E-state index is 13.3. The minimum absolute atomic E-state index is 0.0287. The van der Waals surface area contributed by atoms with Gasteiger partial charge in [0.05, 0.1) is 0 Å². The fourth-order valence-corrected chi connectivity index (χ4v) is 4.84. The van der Waals surface area contributed by atoms with E-state index in [-0.39, 0.29) is 24.2 Å². The molecule has 0 saturated carbocycles. The molecule has 0 aliphatic carbocycles. The summed E-state index contributed by atoms with van der Waals surface area (Å²) in [6, 6.07) is 17.7. The fraction of sp³-hybridized carbons (Fsp3) is 0.367. The van der Waals surface area contributed by atoms with Gasteiger partial charge >= 0.3 is 12.2 Å². The van der Waals surface area contributed by atoms with E-state index in [4.69, 9.17) is 9.47 Å². The van der Waals surface area contributed by atoms with Crippen molar-refractivity contribution in [3.8, 4) is 11.5 Å². The Balaban J connectivity index is 1.43. The zero-order chi connectivity index (χ0) is 26.2. The molecule has 0 N–H and O–H groups in total. The van der Waals surface area contributed by atoms with Crippen LogP contribution in [0.3, 0.4) is 0 Å². The lowest BCUT2D eigenvalue weighted by Gasteiger charge is -2.37. The molecule has 2 aromatic rings. The van der Waals surface area contributed by atoms with Crippen molar-refractivity contribution in [1.29, 1.82) is 0 Å². The second-order valence-electron chi connectivity index (χ2n) is 10.00. The van der Waals surface area contributed by atoms with Gasteiger partial charge in [-0.25, -0.2) is 9.59 Å². The van der Waals surface area contributed by atoms with Gasteiger partial charge in [0.25, 0.3) is 0 Å². The molecule has 0 fully saturated rings. The Morgan fingerprint density at radius 1 is 0.946 bits per heavy atom. The molecule has 7 nitrogen and oxygen atoms in total. The molecule has 2 amide bonds. The number of hydrogen-bond acceptors (Lipinski definition) is 5. The number of rotatable bonds is 7. The summed E-state index contributed by atoms with van der Waals surface area (Å²) >= 11 is 0. The van der Waals surface area contributed by atoms with Crippen LogP contribution < -0.4 is 9.47 Å². The molecule has 194 valence electrons. The highest BCUT2D eigenvalue weighted by Crippen LogP contribution is 2.31. The van der Waals surface area contributed by atoms with Gasteiger partial charge in [0.15, 0.2) is 5.78 Å². The summed E-state index contributed by atoms with van der Waals surface area (Å²) < 4.78 is 11.2. The van der Waals surface area contributed by atoms with Crippen molar-refractivity contribution >= 4 is 18.0 Å². The molecule has 37 heavy (non-hydrogen) atoms. The molecule has 0 saturated heterocycles. The molecule has 0 aromatic heterocycles. The molecule has 2 heterocycles. The van der Waals surface area contributed by atoms with Gasteiger partial charge < -0.3 is 9.47 Å². The summed E-state index contributed by atoms with van der Waals surface area (Å²) in [4.78, 5) is 41.8. The van der Waals surface area contributed by atoms with Crippen molar-refractivity contribution in [2.75, 3.05) is 6.54 Å². The maximum Gasteiger partial charge on any atom is 0.419 e. The Labute approximate surface area is 218 Å². The van der Waals surface area contributed by atoms with Crippen LogP contribution in [0.5, 0.6) is 11.5 Å². The summed E-state index contributed by atoms with van der Waals surface area (Å²) in [5, 5.41) is 0. The van der Waals surface area contributed by atoms with Crippen molar-refractivity contribution in [3.63, 3.8) is 0 Å². The average Bonchev–Trinajstić information content (AvgIpc) is 2.88. The van der Waals surface area contributed by atoms with Crippen LogP contribution in [0.25, 0.3) is 0 Å². The lowest BCUT2D eigenvalue weighted by atomic mass is 9.90. The quantitative estimate of drug-likeness (QED) is 0.428. The van der Waals surface area contributed by atoms with Crippen LogP contribution in [0, 0.1) is 11.8 Å². The fourth-order valence-electron chi connectivity index (χ4n) is 4.84. The van der Waals surface area contributed by atoms with Gasteiger partial charge in [-0.3, -0.25) is 14.6 Å². The van der Waals surface area contributed by atoms with E-state index in [1.807, 2.05) is 42.5 Å². The van der Waals surface area contributed by atoms with E-state index in [1.54, 1.807) is 46.3 Å². The first-order valence-electron chi connectivity index (χ1n) is 12.9. The summed E-state index contributed by atoms with van der Waals surface area (Å²) in [7, 11) is 0. The van der Waals surface area contributed by atoms with Gasteiger partial charge in [0.2, 0.25) is 0 Å². The van der Waals surface area contributed by atoms with Crippen LogP contribution in [-0.4, -0.2) is 40.4 Å². The SMILES string of the molecule is CC(C)C[C@H]1CC(=O)C=C(CC[C@H]2CC=CN(C(=O)Oc3ccccc3)C2)N1C(=O)Oc1ccccc1. The van der Waals surface area contributed by atoms with Crippen LogP contribution in [0.4, 0.5) is 9.59 Å². The van der Waals surface area contributed by atoms with Crippen LogP contribution in [-0.2, 0) is 4.79 Å². The monoisotopic (exact) mass is 502 g/mol. The van der Waals surface area contributed by atoms with Gasteiger partial charge in [-0.15, -0.1) is 0 Å². The molecular weight excluding hydrogens is 468 g/mol. The summed E-state index contributed by atoms with van der Waals surface area (Å²) in [5.41, 5.74) is 0.677. The Morgan fingerprint density at radius 3 is 2.19 bits per heavy atom. The topological polar surface area (TPSA) is 76.2 Å². The maximum absolute atomic E-state index is 13.3. The van der Waals surface area contributed by atoms with Crippen molar-refractivity contribution in [1.82, 2.24) is 9.80 Å². The number of hydrogen-bond donors (Lipinski definition) is 0. The summed E-state index contributed by atoms with van der Waals surface area (Å²) in [6.07, 6.45) is 7.46. The third-order valence-electron chi connectivity index (χ3n) is 6.53. The largest absolute Gasteiger partial charge is 0.419 e. The predicted octanol–water partition coefficient (Wildman–Crippen LogP) is 6.57. The number of carbonyl (C=O) groups is 3. The zero-order valence-electron chi connectivity index (χ0n) is 21.4. The van der Waals surface area contributed by atoms with E-state index >= 15 is 0 Å². The minimum atomic E-state index is -0.466. The number of ketones is 1. The van der Waals surface area contributed by atoms with E-state index < -0.39 is 12.2 Å². The highest BCUT2D eigenvalue weighted by Gasteiger charge is 2.35. The van der Waals surface area contributed by atoms with Crippen molar-refractivity contribution in [2.24, 2.45) is 11.8 Å². The molecule has 0 radical (unpaired) electrons. The van der Waals surface area contributed by atoms with E-state index in [9.17, 15) is 14.4 Å². The standard InChI is InChI=1S/C30H34N2O5/c1-22(2)18-25-20-26(33)19-24(32(25)30(35)37-28-13-7-4-8-14-28)16-15-23-10-9-17-31(21-23)29(34)36-27-11-5-3-6-12-27/h3-9,11-14,17,19,22-23,25H,10,15-16,18,20-21H2,1-2H3/t23-,25+/m1/s1. The first-order chi connectivity index (χ1) is 17.9. The number of carbonyl (C=O) groups excluding carboxylic acids is 3. The number of ether oxygens (including phenoxy) is 2. The number of benzene rings is 2. The smallest absolute Gasteiger partial charge is 0.410 e. The molecule has 2 atom stereocenters. The summed E-state index contributed by atoms with van der Waals surface area (Å²) in [5.74, 6) is 1.48. The van der Waals surface area contributed by atoms with Gasteiger partial charge in [-0.1, -0.05) is 56.3 Å². The first kappa shape index (κ1) is 26.2. The Morgan fingerprint density at radius 2 is 1.57 bits per heavy atom. The number of para-hydroxylation sites is 2. The van der Waals surface area contributed by atoms with Gasteiger partial charge in [0, 0.05) is 37.0 Å². The first-order valence-corrected chi connectivity index (χ1v) is 12.9. The molecule has 4 rings (SSSR count). The molecule has 2 aliphatic rings. The van der Waals surface area contributed by atoms with Gasteiger partial charge in [-0.05, 0) is 61.8 Å². The molecule has 0 spiro atoms. The third kappa shape index (κ3) is 7.32. The van der Waals surface area contributed by atoms with Crippen LogP contribution >= 0.6 is 0 Å².